The molecule has 1 aliphatic heterocycles. The number of aromatic nitrogens is 3. The van der Waals surface area contributed by atoms with Gasteiger partial charge in [-0.1, -0.05) is 11.3 Å². The molecule has 0 unspecified atom stereocenters. The topological polar surface area (TPSA) is 83.0 Å². The highest BCUT2D eigenvalue weighted by Gasteiger charge is 2.13. The van der Waals surface area contributed by atoms with E-state index < -0.39 is 0 Å². The zero-order valence-electron chi connectivity index (χ0n) is 11.5. The molecular weight excluding hydrogens is 288 g/mol. The quantitative estimate of drug-likeness (QED) is 0.901. The fourth-order valence-corrected chi connectivity index (χ4v) is 2.68. The Morgan fingerprint density at radius 3 is 3.00 bits per heavy atom. The molecule has 0 bridgehead atoms. The minimum atomic E-state index is -0.286. The molecule has 0 aromatic carbocycles. The van der Waals surface area contributed by atoms with E-state index in [0.29, 0.717) is 11.7 Å². The van der Waals surface area contributed by atoms with E-state index in [-0.39, 0.29) is 6.03 Å². The van der Waals surface area contributed by atoms with E-state index >= 15 is 0 Å². The third kappa shape index (κ3) is 3.66. The summed E-state index contributed by atoms with van der Waals surface area (Å²) in [6.07, 6.45) is 4.22. The van der Waals surface area contributed by atoms with Crippen molar-refractivity contribution in [3.8, 4) is 0 Å². The molecule has 1 fully saturated rings. The molecule has 0 atom stereocenters. The van der Waals surface area contributed by atoms with Crippen LogP contribution in [0, 0.1) is 0 Å². The Balaban J connectivity index is 1.55. The van der Waals surface area contributed by atoms with Gasteiger partial charge in [-0.3, -0.25) is 5.32 Å². The smallest absolute Gasteiger partial charge is 0.321 e. The predicted octanol–water partition coefficient (Wildman–Crippen LogP) is 1.85. The van der Waals surface area contributed by atoms with Gasteiger partial charge in [0.15, 0.2) is 0 Å². The van der Waals surface area contributed by atoms with Crippen molar-refractivity contribution < 1.29 is 4.79 Å². The maximum Gasteiger partial charge on any atom is 0.321 e. The molecule has 1 aliphatic rings. The Bertz CT molecular complexity index is 596. The van der Waals surface area contributed by atoms with E-state index in [9.17, 15) is 4.79 Å². The van der Waals surface area contributed by atoms with Crippen molar-refractivity contribution in [1.29, 1.82) is 0 Å². The molecule has 2 amide bonds. The van der Waals surface area contributed by atoms with Gasteiger partial charge < -0.3 is 10.2 Å². The van der Waals surface area contributed by atoms with Crippen LogP contribution in [0.25, 0.3) is 0 Å². The lowest BCUT2D eigenvalue weighted by Gasteiger charge is -2.16. The number of hydrogen-bond acceptors (Lipinski definition) is 6. The SMILES string of the molecule is O=C(NCc1ccnc(N2CCCC2)c1)Nc1nncs1. The van der Waals surface area contributed by atoms with Gasteiger partial charge in [0.1, 0.15) is 11.3 Å². The lowest BCUT2D eigenvalue weighted by atomic mass is 10.2. The highest BCUT2D eigenvalue weighted by Crippen LogP contribution is 2.18. The Morgan fingerprint density at radius 2 is 2.24 bits per heavy atom. The van der Waals surface area contributed by atoms with Crippen LogP contribution in [0.3, 0.4) is 0 Å². The van der Waals surface area contributed by atoms with Crippen LogP contribution in [-0.2, 0) is 6.54 Å². The monoisotopic (exact) mass is 304 g/mol. The van der Waals surface area contributed by atoms with Crippen molar-refractivity contribution >= 4 is 28.3 Å². The standard InChI is InChI=1S/C13H16N6OS/c20-12(17-13-18-16-9-21-13)15-8-10-3-4-14-11(7-10)19-5-1-2-6-19/h3-4,7,9H,1-2,5-6,8H2,(H2,15,17,18,20). The molecular formula is C13H16N6OS. The van der Waals surface area contributed by atoms with Gasteiger partial charge in [-0.05, 0) is 30.5 Å². The number of pyridine rings is 1. The Labute approximate surface area is 126 Å². The first kappa shape index (κ1) is 13.7. The maximum atomic E-state index is 11.7. The summed E-state index contributed by atoms with van der Waals surface area (Å²) in [5, 5.41) is 13.3. The summed E-state index contributed by atoms with van der Waals surface area (Å²) in [5.74, 6) is 0.983. The lowest BCUT2D eigenvalue weighted by molar-refractivity contribution is 0.251. The van der Waals surface area contributed by atoms with Gasteiger partial charge in [0, 0.05) is 25.8 Å². The van der Waals surface area contributed by atoms with E-state index in [2.05, 4.69) is 30.7 Å². The molecule has 0 radical (unpaired) electrons. The van der Waals surface area contributed by atoms with Gasteiger partial charge in [0.25, 0.3) is 0 Å². The van der Waals surface area contributed by atoms with Crippen molar-refractivity contribution in [3.05, 3.63) is 29.4 Å². The average Bonchev–Trinajstić information content (AvgIpc) is 3.19. The maximum absolute atomic E-state index is 11.7. The van der Waals surface area contributed by atoms with Crippen molar-refractivity contribution in [1.82, 2.24) is 20.5 Å². The van der Waals surface area contributed by atoms with Gasteiger partial charge in [0.2, 0.25) is 5.13 Å². The number of carbonyl (C=O) groups excluding carboxylic acids is 1. The van der Waals surface area contributed by atoms with Crippen LogP contribution in [0.15, 0.2) is 23.8 Å². The molecule has 21 heavy (non-hydrogen) atoms. The van der Waals surface area contributed by atoms with E-state index in [1.165, 1.54) is 24.2 Å². The number of nitrogens with one attached hydrogen (secondary N) is 2. The Morgan fingerprint density at radius 1 is 1.38 bits per heavy atom. The lowest BCUT2D eigenvalue weighted by Crippen LogP contribution is -2.28. The van der Waals surface area contributed by atoms with Gasteiger partial charge in [-0.15, -0.1) is 10.2 Å². The first-order valence-electron chi connectivity index (χ1n) is 6.82. The molecule has 8 heteroatoms. The summed E-state index contributed by atoms with van der Waals surface area (Å²) in [6, 6.07) is 3.65. The molecule has 2 aromatic rings. The fraction of sp³-hybridized carbons (Fsp3) is 0.385. The largest absolute Gasteiger partial charge is 0.357 e. The number of nitrogens with zero attached hydrogens (tertiary/aromatic N) is 4. The number of hydrogen-bond donors (Lipinski definition) is 2. The van der Waals surface area contributed by atoms with Crippen LogP contribution in [0.1, 0.15) is 18.4 Å². The summed E-state index contributed by atoms with van der Waals surface area (Å²) in [5.41, 5.74) is 2.60. The second-order valence-electron chi connectivity index (χ2n) is 4.77. The van der Waals surface area contributed by atoms with E-state index in [4.69, 9.17) is 0 Å². The van der Waals surface area contributed by atoms with E-state index in [1.807, 2.05) is 12.1 Å². The third-order valence-corrected chi connectivity index (χ3v) is 3.88. The second kappa shape index (κ2) is 6.49. The highest BCUT2D eigenvalue weighted by atomic mass is 32.1. The molecule has 0 aliphatic carbocycles. The van der Waals surface area contributed by atoms with Crippen molar-refractivity contribution in [2.24, 2.45) is 0 Å². The summed E-state index contributed by atoms with van der Waals surface area (Å²) >= 11 is 1.28. The summed E-state index contributed by atoms with van der Waals surface area (Å²) in [4.78, 5) is 18.4. The average molecular weight is 304 g/mol. The predicted molar refractivity (Wildman–Crippen MR) is 81.5 cm³/mol. The molecule has 110 valence electrons. The number of anilines is 2. The molecule has 3 heterocycles. The van der Waals surface area contributed by atoms with Crippen LogP contribution in [0.4, 0.5) is 15.7 Å². The van der Waals surface area contributed by atoms with Gasteiger partial charge in [-0.2, -0.15) is 0 Å². The van der Waals surface area contributed by atoms with Crippen LogP contribution in [0.2, 0.25) is 0 Å². The van der Waals surface area contributed by atoms with Crippen LogP contribution >= 0.6 is 11.3 Å². The van der Waals surface area contributed by atoms with Crippen LogP contribution in [0.5, 0.6) is 0 Å². The summed E-state index contributed by atoms with van der Waals surface area (Å²) < 4.78 is 0. The first-order chi connectivity index (χ1) is 10.3. The molecule has 2 aromatic heterocycles. The van der Waals surface area contributed by atoms with Gasteiger partial charge in [0.05, 0.1) is 0 Å². The molecule has 0 spiro atoms. The van der Waals surface area contributed by atoms with Crippen molar-refractivity contribution in [2.45, 2.75) is 19.4 Å². The normalized spacial score (nSPS) is 14.2. The third-order valence-electron chi connectivity index (χ3n) is 3.27. The highest BCUT2D eigenvalue weighted by molar-refractivity contribution is 7.13. The number of amides is 2. The van der Waals surface area contributed by atoms with Gasteiger partial charge in [-0.25, -0.2) is 9.78 Å². The zero-order valence-corrected chi connectivity index (χ0v) is 12.3. The van der Waals surface area contributed by atoms with Crippen LogP contribution in [-0.4, -0.2) is 34.3 Å². The Kier molecular flexibility index (Phi) is 4.25. The number of carbonyl (C=O) groups is 1. The van der Waals surface area contributed by atoms with Gasteiger partial charge >= 0.3 is 6.03 Å². The fourth-order valence-electron chi connectivity index (χ4n) is 2.24. The first-order valence-corrected chi connectivity index (χ1v) is 7.70. The minimum Gasteiger partial charge on any atom is -0.357 e. The second-order valence-corrected chi connectivity index (χ2v) is 5.60. The number of rotatable bonds is 4. The number of urea groups is 1. The van der Waals surface area contributed by atoms with E-state index in [0.717, 1.165) is 24.5 Å². The summed E-state index contributed by atoms with van der Waals surface area (Å²) in [6.45, 7) is 2.57. The Hall–Kier alpha value is -2.22. The van der Waals surface area contributed by atoms with Crippen molar-refractivity contribution in [3.63, 3.8) is 0 Å². The van der Waals surface area contributed by atoms with Crippen molar-refractivity contribution in [2.75, 3.05) is 23.3 Å². The molecule has 7 nitrogen and oxygen atoms in total. The van der Waals surface area contributed by atoms with Crippen LogP contribution < -0.4 is 15.5 Å². The van der Waals surface area contributed by atoms with E-state index in [1.54, 1.807) is 11.7 Å². The minimum absolute atomic E-state index is 0.286. The molecule has 1 saturated heterocycles. The zero-order chi connectivity index (χ0) is 14.5. The molecule has 0 saturated carbocycles. The summed E-state index contributed by atoms with van der Waals surface area (Å²) in [7, 11) is 0. The molecule has 2 N–H and O–H groups in total. The molecule has 3 rings (SSSR count).